The fourth-order valence-electron chi connectivity index (χ4n) is 2.92. The fraction of sp³-hybridized carbons (Fsp3) is 0.900. The minimum Gasteiger partial charge on any atom is -0.304 e. The van der Waals surface area contributed by atoms with Crippen molar-refractivity contribution >= 4 is 6.72 Å². The predicted molar refractivity (Wildman–Crippen MR) is 51.7 cm³/mol. The summed E-state index contributed by atoms with van der Waals surface area (Å²) in [5.41, 5.74) is 0. The number of hydrogen-bond acceptors (Lipinski definition) is 2. The van der Waals surface area contributed by atoms with Gasteiger partial charge in [-0.05, 0) is 38.4 Å². The van der Waals surface area contributed by atoms with Gasteiger partial charge in [-0.25, -0.2) is 0 Å². The van der Waals surface area contributed by atoms with Gasteiger partial charge in [0, 0.05) is 13.1 Å². The molecule has 0 aromatic carbocycles. The Hall–Kier alpha value is -0.370. The molecule has 2 rings (SSSR count). The van der Waals surface area contributed by atoms with E-state index in [0.717, 1.165) is 18.4 Å². The number of hydrogen-bond donors (Lipinski definition) is 0. The van der Waals surface area contributed by atoms with Gasteiger partial charge in [-0.3, -0.25) is 4.99 Å². The number of fused-ring (bicyclic) bond motifs is 1. The lowest BCUT2D eigenvalue weighted by Crippen LogP contribution is -2.44. The van der Waals surface area contributed by atoms with Crippen molar-refractivity contribution in [1.29, 1.82) is 0 Å². The molecule has 12 heavy (non-hydrogen) atoms. The number of aliphatic imine (C=N–C) groups is 1. The van der Waals surface area contributed by atoms with Crippen molar-refractivity contribution < 1.29 is 0 Å². The summed E-state index contributed by atoms with van der Waals surface area (Å²) in [7, 11) is 2.20. The Morgan fingerprint density at radius 1 is 1.33 bits per heavy atom. The third-order valence-electron chi connectivity index (χ3n) is 3.49. The maximum atomic E-state index is 4.25. The normalized spacial score (nSPS) is 42.6. The molecule has 0 aromatic rings. The quantitative estimate of drug-likeness (QED) is 0.538. The van der Waals surface area contributed by atoms with Gasteiger partial charge in [-0.1, -0.05) is 6.42 Å². The average Bonchev–Trinajstić information content (AvgIpc) is 2.50. The fourth-order valence-corrected chi connectivity index (χ4v) is 2.92. The van der Waals surface area contributed by atoms with Crippen LogP contribution in [0.15, 0.2) is 4.99 Å². The number of likely N-dealkylation sites (tertiary alicyclic amines) is 1. The summed E-state index contributed by atoms with van der Waals surface area (Å²) in [4.78, 5) is 6.66. The first-order valence-corrected chi connectivity index (χ1v) is 4.95. The van der Waals surface area contributed by atoms with Crippen LogP contribution in [0.5, 0.6) is 0 Å². The molecule has 1 heterocycles. The van der Waals surface area contributed by atoms with E-state index in [-0.39, 0.29) is 0 Å². The van der Waals surface area contributed by atoms with Crippen molar-refractivity contribution in [2.75, 3.05) is 20.1 Å². The molecule has 2 fully saturated rings. The van der Waals surface area contributed by atoms with Crippen molar-refractivity contribution in [2.24, 2.45) is 16.8 Å². The zero-order valence-electron chi connectivity index (χ0n) is 7.87. The molecular formula is C10H18N2. The van der Waals surface area contributed by atoms with E-state index < -0.39 is 0 Å². The van der Waals surface area contributed by atoms with E-state index >= 15 is 0 Å². The Balaban J connectivity index is 2.08. The monoisotopic (exact) mass is 166 g/mol. The van der Waals surface area contributed by atoms with Gasteiger partial charge in [0.2, 0.25) is 0 Å². The number of rotatable bonds is 1. The summed E-state index contributed by atoms with van der Waals surface area (Å²) in [5, 5.41) is 0. The Morgan fingerprint density at radius 2 is 2.17 bits per heavy atom. The molecule has 0 spiro atoms. The zero-order chi connectivity index (χ0) is 8.55. The van der Waals surface area contributed by atoms with Crippen LogP contribution in [0, 0.1) is 11.8 Å². The second-order valence-corrected chi connectivity index (χ2v) is 4.33. The molecule has 0 bridgehead atoms. The highest BCUT2D eigenvalue weighted by Crippen LogP contribution is 2.38. The number of likely N-dealkylation sites (N-methyl/N-ethyl adjacent to an activating group) is 1. The molecule has 1 aliphatic carbocycles. The Morgan fingerprint density at radius 3 is 2.92 bits per heavy atom. The molecule has 3 atom stereocenters. The number of piperidine rings is 1. The van der Waals surface area contributed by atoms with Gasteiger partial charge in [0.25, 0.3) is 0 Å². The molecule has 2 nitrogen and oxygen atoms in total. The topological polar surface area (TPSA) is 15.6 Å². The van der Waals surface area contributed by atoms with Gasteiger partial charge in [0.15, 0.2) is 0 Å². The van der Waals surface area contributed by atoms with Crippen molar-refractivity contribution in [3.63, 3.8) is 0 Å². The summed E-state index contributed by atoms with van der Waals surface area (Å²) < 4.78 is 0. The van der Waals surface area contributed by atoms with E-state index in [2.05, 4.69) is 23.7 Å². The molecular weight excluding hydrogens is 148 g/mol. The van der Waals surface area contributed by atoms with E-state index in [1.54, 1.807) is 0 Å². The van der Waals surface area contributed by atoms with Crippen molar-refractivity contribution in [3.8, 4) is 0 Å². The summed E-state index contributed by atoms with van der Waals surface area (Å²) in [6.07, 6.45) is 4.22. The van der Waals surface area contributed by atoms with Crippen LogP contribution in [0.25, 0.3) is 0 Å². The van der Waals surface area contributed by atoms with E-state index in [9.17, 15) is 0 Å². The molecule has 0 aromatic heterocycles. The second kappa shape index (κ2) is 3.17. The van der Waals surface area contributed by atoms with E-state index in [1.165, 1.54) is 25.8 Å². The average molecular weight is 166 g/mol. The van der Waals surface area contributed by atoms with Crippen LogP contribution in [0.1, 0.15) is 19.3 Å². The van der Waals surface area contributed by atoms with Gasteiger partial charge < -0.3 is 4.90 Å². The van der Waals surface area contributed by atoms with Gasteiger partial charge in [-0.2, -0.15) is 0 Å². The molecule has 2 heteroatoms. The molecule has 0 radical (unpaired) electrons. The minimum absolute atomic E-state index is 0.524. The Kier molecular flexibility index (Phi) is 2.18. The summed E-state index contributed by atoms with van der Waals surface area (Å²) in [6, 6.07) is 0.524. The minimum atomic E-state index is 0.524. The van der Waals surface area contributed by atoms with Crippen LogP contribution in [-0.4, -0.2) is 37.8 Å². The SMILES string of the molecule is C=NC1CN(C)CC2CCCC21. The summed E-state index contributed by atoms with van der Waals surface area (Å²) in [6.45, 7) is 6.12. The molecule has 1 saturated carbocycles. The molecule has 1 saturated heterocycles. The van der Waals surface area contributed by atoms with Gasteiger partial charge in [-0.15, -0.1) is 0 Å². The smallest absolute Gasteiger partial charge is 0.0650 e. The maximum absolute atomic E-state index is 4.25. The Labute approximate surface area is 74.7 Å². The van der Waals surface area contributed by atoms with Gasteiger partial charge >= 0.3 is 0 Å². The van der Waals surface area contributed by atoms with E-state index in [1.807, 2.05) is 0 Å². The number of nitrogens with zero attached hydrogens (tertiary/aromatic N) is 2. The first kappa shape index (κ1) is 8.24. The summed E-state index contributed by atoms with van der Waals surface area (Å²) >= 11 is 0. The largest absolute Gasteiger partial charge is 0.304 e. The van der Waals surface area contributed by atoms with Crippen LogP contribution >= 0.6 is 0 Å². The van der Waals surface area contributed by atoms with Crippen LogP contribution < -0.4 is 0 Å². The van der Waals surface area contributed by atoms with Crippen molar-refractivity contribution in [2.45, 2.75) is 25.3 Å². The molecule has 3 unspecified atom stereocenters. The molecule has 0 amide bonds. The second-order valence-electron chi connectivity index (χ2n) is 4.33. The van der Waals surface area contributed by atoms with Crippen molar-refractivity contribution in [3.05, 3.63) is 0 Å². The molecule has 1 aliphatic heterocycles. The Bertz CT molecular complexity index is 179. The van der Waals surface area contributed by atoms with Crippen LogP contribution in [-0.2, 0) is 0 Å². The van der Waals surface area contributed by atoms with Crippen LogP contribution in [0.2, 0.25) is 0 Å². The van der Waals surface area contributed by atoms with Gasteiger partial charge in [0.05, 0.1) is 6.04 Å². The molecule has 0 N–H and O–H groups in total. The van der Waals surface area contributed by atoms with Crippen LogP contribution in [0.4, 0.5) is 0 Å². The highest BCUT2D eigenvalue weighted by atomic mass is 15.1. The maximum Gasteiger partial charge on any atom is 0.0650 e. The highest BCUT2D eigenvalue weighted by molar-refractivity contribution is 5.25. The summed E-state index contributed by atoms with van der Waals surface area (Å²) in [5.74, 6) is 1.78. The van der Waals surface area contributed by atoms with E-state index in [4.69, 9.17) is 0 Å². The molecule has 68 valence electrons. The highest BCUT2D eigenvalue weighted by Gasteiger charge is 2.37. The van der Waals surface area contributed by atoms with Crippen LogP contribution in [0.3, 0.4) is 0 Å². The first-order valence-electron chi connectivity index (χ1n) is 4.95. The predicted octanol–water partition coefficient (Wildman–Crippen LogP) is 1.42. The lowest BCUT2D eigenvalue weighted by molar-refractivity contribution is 0.143. The lowest BCUT2D eigenvalue weighted by Gasteiger charge is -2.37. The van der Waals surface area contributed by atoms with Gasteiger partial charge in [0.1, 0.15) is 0 Å². The standard InChI is InChI=1S/C10H18N2/c1-11-10-7-12(2)6-8-4-3-5-9(8)10/h8-10H,1,3-7H2,2H3. The lowest BCUT2D eigenvalue weighted by atomic mass is 9.85. The third kappa shape index (κ3) is 1.28. The first-order chi connectivity index (χ1) is 5.81. The third-order valence-corrected chi connectivity index (χ3v) is 3.49. The van der Waals surface area contributed by atoms with Crippen molar-refractivity contribution in [1.82, 2.24) is 4.90 Å². The zero-order valence-corrected chi connectivity index (χ0v) is 7.87. The van der Waals surface area contributed by atoms with E-state index in [0.29, 0.717) is 6.04 Å². The molecule has 2 aliphatic rings.